The van der Waals surface area contributed by atoms with E-state index in [1.807, 2.05) is 6.92 Å². The molecule has 3 aliphatic heterocycles. The zero-order chi connectivity index (χ0) is 22.8. The first-order chi connectivity index (χ1) is 14.6. The third kappa shape index (κ3) is 5.38. The van der Waals surface area contributed by atoms with E-state index < -0.39 is 29.6 Å². The van der Waals surface area contributed by atoms with Gasteiger partial charge >= 0.3 is 12.1 Å². The highest BCUT2D eigenvalue weighted by molar-refractivity contribution is 5.90. The predicted octanol–water partition coefficient (Wildman–Crippen LogP) is 1.00. The molecule has 0 aromatic rings. The Hall–Kier alpha value is -2.56. The minimum Gasteiger partial charge on any atom is -0.444 e. The minimum absolute atomic E-state index is 0.0446. The van der Waals surface area contributed by atoms with E-state index in [1.54, 1.807) is 20.8 Å². The Morgan fingerprint density at radius 1 is 1.06 bits per heavy atom. The number of nitrogens with one attached hydrogen (secondary N) is 2. The molecular formula is C20H33N5O6. The molecule has 3 heterocycles. The van der Waals surface area contributed by atoms with E-state index in [9.17, 15) is 19.2 Å². The second-order valence-corrected chi connectivity index (χ2v) is 9.26. The molecule has 3 saturated heterocycles. The maximum absolute atomic E-state index is 12.6. The Morgan fingerprint density at radius 3 is 2.39 bits per heavy atom. The number of carbonyl (C=O) groups is 4. The molecule has 0 aliphatic carbocycles. The average molecular weight is 440 g/mol. The molecule has 2 N–H and O–H groups in total. The smallest absolute Gasteiger partial charge is 0.410 e. The molecule has 174 valence electrons. The van der Waals surface area contributed by atoms with Crippen LogP contribution in [0.1, 0.15) is 53.4 Å². The van der Waals surface area contributed by atoms with Gasteiger partial charge in [0.15, 0.2) is 0 Å². The molecule has 31 heavy (non-hydrogen) atoms. The van der Waals surface area contributed by atoms with E-state index in [4.69, 9.17) is 9.57 Å². The van der Waals surface area contributed by atoms with Crippen LogP contribution >= 0.6 is 0 Å². The summed E-state index contributed by atoms with van der Waals surface area (Å²) >= 11 is 0. The average Bonchev–Trinajstić information content (AvgIpc) is 2.88. The number of piperidine rings is 1. The first-order valence-corrected chi connectivity index (χ1v) is 10.9. The minimum atomic E-state index is -0.650. The molecule has 0 spiro atoms. The van der Waals surface area contributed by atoms with Gasteiger partial charge in [0.1, 0.15) is 11.6 Å². The number of hydrogen-bond donors (Lipinski definition) is 2. The molecule has 2 bridgehead atoms. The maximum Gasteiger partial charge on any atom is 0.410 e. The summed E-state index contributed by atoms with van der Waals surface area (Å²) in [7, 11) is 0. The zero-order valence-corrected chi connectivity index (χ0v) is 18.7. The molecule has 0 aromatic carbocycles. The van der Waals surface area contributed by atoms with Crippen molar-refractivity contribution in [3.8, 4) is 0 Å². The number of rotatable bonds is 6. The summed E-state index contributed by atoms with van der Waals surface area (Å²) in [6, 6.07) is -1.00. The molecule has 0 aromatic heterocycles. The normalized spacial score (nSPS) is 23.5. The second-order valence-electron chi connectivity index (χ2n) is 9.26. The molecule has 3 aliphatic rings. The summed E-state index contributed by atoms with van der Waals surface area (Å²) in [6.45, 7) is 8.75. The number of carbonyl (C=O) groups excluding carboxylic acids is 4. The van der Waals surface area contributed by atoms with Crippen molar-refractivity contribution in [3.05, 3.63) is 0 Å². The van der Waals surface area contributed by atoms with Crippen LogP contribution in [0.4, 0.5) is 9.59 Å². The number of hydroxylamine groups is 2. The lowest BCUT2D eigenvalue weighted by Crippen LogP contribution is -2.60. The van der Waals surface area contributed by atoms with Gasteiger partial charge in [0.2, 0.25) is 5.91 Å². The molecule has 0 saturated carbocycles. The lowest BCUT2D eigenvalue weighted by molar-refractivity contribution is -0.136. The third-order valence-corrected chi connectivity index (χ3v) is 5.57. The van der Waals surface area contributed by atoms with Crippen LogP contribution in [0.15, 0.2) is 0 Å². The van der Waals surface area contributed by atoms with Crippen LogP contribution in [0.5, 0.6) is 0 Å². The number of urea groups is 1. The summed E-state index contributed by atoms with van der Waals surface area (Å²) < 4.78 is 5.26. The highest BCUT2D eigenvalue weighted by Gasteiger charge is 2.48. The van der Waals surface area contributed by atoms with Crippen LogP contribution in [-0.4, -0.2) is 82.7 Å². The van der Waals surface area contributed by atoms with Crippen molar-refractivity contribution >= 4 is 23.9 Å². The second kappa shape index (κ2) is 9.29. The number of amides is 5. The van der Waals surface area contributed by atoms with Gasteiger partial charge in [-0.05, 0) is 40.0 Å². The summed E-state index contributed by atoms with van der Waals surface area (Å²) in [5.41, 5.74) is 4.25. The van der Waals surface area contributed by atoms with Gasteiger partial charge in [0.05, 0.1) is 18.6 Å². The third-order valence-electron chi connectivity index (χ3n) is 5.57. The van der Waals surface area contributed by atoms with E-state index in [0.29, 0.717) is 26.0 Å². The van der Waals surface area contributed by atoms with Crippen LogP contribution in [0.2, 0.25) is 0 Å². The molecule has 0 radical (unpaired) electrons. The molecule has 3 fully saturated rings. The van der Waals surface area contributed by atoms with Gasteiger partial charge < -0.3 is 14.5 Å². The molecular weight excluding hydrogens is 406 g/mol. The fourth-order valence-corrected chi connectivity index (χ4v) is 3.81. The first kappa shape index (κ1) is 23.1. The van der Waals surface area contributed by atoms with Crippen molar-refractivity contribution in [2.24, 2.45) is 5.92 Å². The molecule has 11 heteroatoms. The monoisotopic (exact) mass is 439 g/mol. The van der Waals surface area contributed by atoms with E-state index >= 15 is 0 Å². The number of ether oxygens (including phenoxy) is 1. The number of fused-ring (bicyclic) bond motifs is 2. The summed E-state index contributed by atoms with van der Waals surface area (Å²) in [6.07, 6.45) is 2.53. The van der Waals surface area contributed by atoms with Crippen molar-refractivity contribution in [2.45, 2.75) is 71.1 Å². The van der Waals surface area contributed by atoms with Gasteiger partial charge in [-0.25, -0.2) is 9.59 Å². The standard InChI is InChI=1S/C20H33N5O6/c1-5-6-9-30-25-14-7-8-15(24(12-14)18(25)28)17(27)22-21-16(26)13-10-23(11-13)19(29)31-20(2,3)4/h13-15H,5-12H2,1-4H3,(H,21,26)(H,22,27)/t14?,15-/m0/s1. The molecule has 2 atom stereocenters. The van der Waals surface area contributed by atoms with Crippen molar-refractivity contribution in [2.75, 3.05) is 26.2 Å². The van der Waals surface area contributed by atoms with Crippen LogP contribution in [0, 0.1) is 5.92 Å². The van der Waals surface area contributed by atoms with E-state index in [0.717, 1.165) is 12.8 Å². The predicted molar refractivity (Wildman–Crippen MR) is 109 cm³/mol. The Bertz CT molecular complexity index is 717. The maximum atomic E-state index is 12.6. The number of unbranched alkanes of at least 4 members (excludes halogenated alkanes) is 1. The topological polar surface area (TPSA) is 121 Å². The zero-order valence-electron chi connectivity index (χ0n) is 18.7. The lowest BCUT2D eigenvalue weighted by atomic mass is 10.00. The summed E-state index contributed by atoms with van der Waals surface area (Å²) in [5.74, 6) is -1.22. The number of hydrogen-bond acceptors (Lipinski definition) is 6. The van der Waals surface area contributed by atoms with Crippen molar-refractivity contribution in [1.29, 1.82) is 0 Å². The SMILES string of the molecule is CCCCON1C(=O)N2CC1CC[C@H]2C(=O)NNC(=O)C1CN(C(=O)OC(C)(C)C)C1. The molecule has 3 rings (SSSR count). The van der Waals surface area contributed by atoms with Gasteiger partial charge in [-0.1, -0.05) is 13.3 Å². The Balaban J connectivity index is 1.42. The summed E-state index contributed by atoms with van der Waals surface area (Å²) in [4.78, 5) is 58.0. The number of hydrazine groups is 1. The highest BCUT2D eigenvalue weighted by Crippen LogP contribution is 2.30. The van der Waals surface area contributed by atoms with E-state index in [2.05, 4.69) is 10.9 Å². The highest BCUT2D eigenvalue weighted by atomic mass is 16.7. The Labute approximate surface area is 182 Å². The van der Waals surface area contributed by atoms with Gasteiger partial charge in [-0.2, -0.15) is 5.06 Å². The van der Waals surface area contributed by atoms with Gasteiger partial charge in [0, 0.05) is 19.6 Å². The number of likely N-dealkylation sites (tertiary alicyclic amines) is 1. The van der Waals surface area contributed by atoms with Crippen molar-refractivity contribution in [1.82, 2.24) is 25.7 Å². The van der Waals surface area contributed by atoms with Gasteiger partial charge in [-0.3, -0.25) is 25.3 Å². The Kier molecular flexibility index (Phi) is 6.93. The van der Waals surface area contributed by atoms with E-state index in [1.165, 1.54) is 14.9 Å². The van der Waals surface area contributed by atoms with E-state index in [-0.39, 0.29) is 31.1 Å². The fraction of sp³-hybridized carbons (Fsp3) is 0.800. The van der Waals surface area contributed by atoms with Crippen molar-refractivity contribution < 1.29 is 28.8 Å². The lowest BCUT2D eigenvalue weighted by Gasteiger charge is -2.38. The van der Waals surface area contributed by atoms with Gasteiger partial charge in [0.25, 0.3) is 5.91 Å². The van der Waals surface area contributed by atoms with Crippen LogP contribution in [-0.2, 0) is 19.2 Å². The van der Waals surface area contributed by atoms with Crippen molar-refractivity contribution in [3.63, 3.8) is 0 Å². The van der Waals surface area contributed by atoms with Crippen LogP contribution in [0.3, 0.4) is 0 Å². The summed E-state index contributed by atoms with van der Waals surface area (Å²) in [5, 5.41) is 1.39. The number of nitrogens with zero attached hydrogens (tertiary/aromatic N) is 3. The Morgan fingerprint density at radius 2 is 1.74 bits per heavy atom. The molecule has 11 nitrogen and oxygen atoms in total. The first-order valence-electron chi connectivity index (χ1n) is 10.9. The van der Waals surface area contributed by atoms with Crippen LogP contribution < -0.4 is 10.9 Å². The quantitative estimate of drug-likeness (QED) is 0.471. The molecule has 5 amide bonds. The van der Waals surface area contributed by atoms with Crippen LogP contribution in [0.25, 0.3) is 0 Å². The largest absolute Gasteiger partial charge is 0.444 e. The molecule has 1 unspecified atom stereocenters. The fourth-order valence-electron chi connectivity index (χ4n) is 3.81. The van der Waals surface area contributed by atoms with Gasteiger partial charge in [-0.15, -0.1) is 0 Å².